The fourth-order valence-electron chi connectivity index (χ4n) is 5.18. The topological polar surface area (TPSA) is 75.3 Å². The Morgan fingerprint density at radius 2 is 1.68 bits per heavy atom. The first kappa shape index (κ1) is 23.4. The number of aromatic nitrogens is 3. The monoisotopic (exact) mass is 489 g/mol. The van der Waals surface area contributed by atoms with Crippen molar-refractivity contribution in [2.75, 3.05) is 5.32 Å². The summed E-state index contributed by atoms with van der Waals surface area (Å²) in [5, 5.41) is 14.5. The average molecular weight is 490 g/mol. The molecule has 0 bridgehead atoms. The summed E-state index contributed by atoms with van der Waals surface area (Å²) in [5.41, 5.74) is 9.10. The Morgan fingerprint density at radius 1 is 0.892 bits per heavy atom. The second kappa shape index (κ2) is 9.79. The summed E-state index contributed by atoms with van der Waals surface area (Å²) in [6.45, 7) is 4.14. The first-order valence-corrected chi connectivity index (χ1v) is 13.0. The summed E-state index contributed by atoms with van der Waals surface area (Å²) >= 11 is 0. The Kier molecular flexibility index (Phi) is 6.18. The summed E-state index contributed by atoms with van der Waals surface area (Å²) < 4.78 is 2.28. The van der Waals surface area contributed by atoms with Crippen LogP contribution in [0.2, 0.25) is 0 Å². The van der Waals surface area contributed by atoms with E-state index in [4.69, 9.17) is 9.98 Å². The quantitative estimate of drug-likeness (QED) is 0.300. The van der Waals surface area contributed by atoms with Crippen molar-refractivity contribution in [1.82, 2.24) is 14.5 Å². The van der Waals surface area contributed by atoms with Crippen molar-refractivity contribution >= 4 is 22.4 Å². The molecule has 0 unspecified atom stereocenters. The number of benzene rings is 3. The van der Waals surface area contributed by atoms with Crippen LogP contribution in [0.15, 0.2) is 84.1 Å². The van der Waals surface area contributed by atoms with Crippen LogP contribution >= 0.6 is 0 Å². The lowest BCUT2D eigenvalue weighted by atomic mass is 9.93. The van der Waals surface area contributed by atoms with E-state index in [-0.39, 0.29) is 12.1 Å². The van der Waals surface area contributed by atoms with Gasteiger partial charge in [-0.05, 0) is 87.6 Å². The third-order valence-corrected chi connectivity index (χ3v) is 7.13. The van der Waals surface area contributed by atoms with Crippen LogP contribution in [0.25, 0.3) is 28.1 Å². The van der Waals surface area contributed by atoms with Crippen LogP contribution in [0.1, 0.15) is 36.8 Å². The van der Waals surface area contributed by atoms with Gasteiger partial charge < -0.3 is 15.0 Å². The summed E-state index contributed by atoms with van der Waals surface area (Å²) in [6, 6.07) is 23.4. The zero-order valence-corrected chi connectivity index (χ0v) is 21.2. The van der Waals surface area contributed by atoms with E-state index in [1.807, 2.05) is 25.4 Å². The molecule has 2 aliphatic carbocycles. The molecule has 3 aliphatic rings. The second-order valence-corrected chi connectivity index (χ2v) is 10.1. The van der Waals surface area contributed by atoms with E-state index in [0.717, 1.165) is 76.1 Å². The molecule has 186 valence electrons. The highest BCUT2D eigenvalue weighted by Gasteiger charge is 2.20. The average Bonchev–Trinajstić information content (AvgIpc) is 2.90. The van der Waals surface area contributed by atoms with E-state index in [2.05, 4.69) is 82.5 Å². The maximum absolute atomic E-state index is 10.0. The molecule has 2 N–H and O–H groups in total. The highest BCUT2D eigenvalue weighted by atomic mass is 16.3. The number of anilines is 2. The minimum Gasteiger partial charge on any atom is -0.393 e. The number of aryl methyl sites for hydroxylation is 2. The van der Waals surface area contributed by atoms with Gasteiger partial charge in [0.25, 0.3) is 0 Å². The molecular weight excluding hydrogens is 458 g/mol. The molecule has 6 nitrogen and oxygen atoms in total. The largest absolute Gasteiger partial charge is 0.393 e. The number of aliphatic hydroxyl groups excluding tert-OH is 1. The Morgan fingerprint density at radius 3 is 2.46 bits per heavy atom. The van der Waals surface area contributed by atoms with Crippen molar-refractivity contribution in [3.63, 3.8) is 0 Å². The smallest absolute Gasteiger partial charge is 0.0900 e. The number of nitrogens with zero attached hydrogens (tertiary/aromatic N) is 4. The lowest BCUT2D eigenvalue weighted by Gasteiger charge is -2.23. The van der Waals surface area contributed by atoms with Crippen LogP contribution in [0.3, 0.4) is 0 Å². The molecule has 0 radical (unpaired) electrons. The molecule has 1 aromatic heterocycles. The number of pyridine rings is 1. The van der Waals surface area contributed by atoms with Gasteiger partial charge in [0.15, 0.2) is 0 Å². The second-order valence-electron chi connectivity index (χ2n) is 10.1. The number of para-hydroxylation sites is 2. The molecule has 1 aliphatic heterocycles. The minimum absolute atomic E-state index is 0.179. The highest BCUT2D eigenvalue weighted by molar-refractivity contribution is 5.84. The van der Waals surface area contributed by atoms with Crippen LogP contribution in [-0.4, -0.2) is 31.8 Å². The molecule has 6 heteroatoms. The third kappa shape index (κ3) is 4.85. The van der Waals surface area contributed by atoms with Gasteiger partial charge in [-0.3, -0.25) is 9.98 Å². The van der Waals surface area contributed by atoms with E-state index in [1.54, 1.807) is 0 Å². The number of hydrogen-bond acceptors (Lipinski definition) is 5. The van der Waals surface area contributed by atoms with E-state index < -0.39 is 0 Å². The van der Waals surface area contributed by atoms with E-state index in [1.165, 1.54) is 5.56 Å². The molecule has 6 rings (SSSR count). The SMILES string of the molecule is Cc1ccc(-n2c3cc(=NC4CCC(O)CC4)c(Nc4cncc(C)c4)cc-3nc3ccccc32)cc1. The number of rotatable bonds is 4. The lowest BCUT2D eigenvalue weighted by molar-refractivity contribution is 0.123. The fraction of sp³-hybridized carbons (Fsp3) is 0.258. The van der Waals surface area contributed by atoms with Crippen molar-refractivity contribution in [3.8, 4) is 17.1 Å². The van der Waals surface area contributed by atoms with Gasteiger partial charge in [0.2, 0.25) is 0 Å². The molecular formula is C31H31N5O. The van der Waals surface area contributed by atoms with E-state index >= 15 is 0 Å². The summed E-state index contributed by atoms with van der Waals surface area (Å²) in [7, 11) is 0. The molecule has 0 saturated heterocycles. The van der Waals surface area contributed by atoms with E-state index in [9.17, 15) is 5.11 Å². The number of fused-ring (bicyclic) bond motifs is 2. The van der Waals surface area contributed by atoms with Crippen molar-refractivity contribution in [3.05, 3.63) is 95.6 Å². The third-order valence-electron chi connectivity index (χ3n) is 7.13. The molecule has 0 atom stereocenters. The molecule has 1 saturated carbocycles. The van der Waals surface area contributed by atoms with Crippen LogP contribution < -0.4 is 10.7 Å². The van der Waals surface area contributed by atoms with Crippen LogP contribution in [0, 0.1) is 13.8 Å². The summed E-state index contributed by atoms with van der Waals surface area (Å²) in [4.78, 5) is 14.6. The van der Waals surface area contributed by atoms with Crippen molar-refractivity contribution < 1.29 is 5.11 Å². The van der Waals surface area contributed by atoms with Crippen molar-refractivity contribution in [1.29, 1.82) is 0 Å². The molecule has 37 heavy (non-hydrogen) atoms. The minimum atomic E-state index is -0.210. The first-order chi connectivity index (χ1) is 18.0. The zero-order valence-electron chi connectivity index (χ0n) is 21.2. The first-order valence-electron chi connectivity index (χ1n) is 13.0. The zero-order chi connectivity index (χ0) is 25.4. The van der Waals surface area contributed by atoms with Crippen molar-refractivity contribution in [2.45, 2.75) is 51.7 Å². The summed E-state index contributed by atoms with van der Waals surface area (Å²) in [6.07, 6.45) is 6.83. The highest BCUT2D eigenvalue weighted by Crippen LogP contribution is 2.31. The Bertz CT molecular complexity index is 1600. The van der Waals surface area contributed by atoms with Gasteiger partial charge in [-0.15, -0.1) is 0 Å². The molecule has 2 aromatic carbocycles. The van der Waals surface area contributed by atoms with Crippen molar-refractivity contribution in [2.24, 2.45) is 4.99 Å². The molecule has 3 aromatic rings. The predicted octanol–water partition coefficient (Wildman–Crippen LogP) is 6.09. The number of hydrogen-bond donors (Lipinski definition) is 2. The Hall–Kier alpha value is -4.03. The van der Waals surface area contributed by atoms with Gasteiger partial charge in [-0.1, -0.05) is 29.8 Å². The maximum Gasteiger partial charge on any atom is 0.0900 e. The molecule has 0 amide bonds. The number of nitrogens with one attached hydrogen (secondary N) is 1. The van der Waals surface area contributed by atoms with Gasteiger partial charge in [-0.2, -0.15) is 0 Å². The van der Waals surface area contributed by atoms with Gasteiger partial charge >= 0.3 is 0 Å². The van der Waals surface area contributed by atoms with Gasteiger partial charge in [0.05, 0.1) is 57.5 Å². The Labute approximate surface area is 216 Å². The molecule has 1 fully saturated rings. The van der Waals surface area contributed by atoms with Gasteiger partial charge in [0.1, 0.15) is 0 Å². The van der Waals surface area contributed by atoms with Crippen LogP contribution in [0.4, 0.5) is 11.4 Å². The molecule has 0 spiro atoms. The molecule has 2 heterocycles. The lowest BCUT2D eigenvalue weighted by Crippen LogP contribution is -2.24. The van der Waals surface area contributed by atoms with Gasteiger partial charge in [-0.25, -0.2) is 4.98 Å². The van der Waals surface area contributed by atoms with Gasteiger partial charge in [0, 0.05) is 11.9 Å². The predicted molar refractivity (Wildman–Crippen MR) is 149 cm³/mol. The number of aliphatic hydroxyl groups is 1. The maximum atomic E-state index is 10.0. The fourth-order valence-corrected chi connectivity index (χ4v) is 5.18. The standard InChI is InChI=1S/C31H31N5O/c1-20-7-11-24(12-8-20)36-30-6-4-3-5-26(30)35-29-16-27(34-23-15-21(2)18-32-19-23)28(17-31(29)36)33-22-9-13-25(37)14-10-22/h3-8,11-12,15-19,22,25,34,37H,9-10,13-14H2,1-2H3. The Balaban J connectivity index is 1.60. The van der Waals surface area contributed by atoms with Crippen LogP contribution in [0.5, 0.6) is 0 Å². The van der Waals surface area contributed by atoms with Crippen LogP contribution in [-0.2, 0) is 0 Å². The summed E-state index contributed by atoms with van der Waals surface area (Å²) in [5.74, 6) is 0. The normalized spacial score (nSPS) is 18.4. The van der Waals surface area contributed by atoms with E-state index in [0.29, 0.717) is 0 Å².